The Hall–Kier alpha value is -2.09. The SMILES string of the molecule is Cn1cc(C(O)CC2CCCN2C(=O)NCC(OCC2CC2)c2ccc(Cl)cc2)cn1. The Bertz CT molecular complexity index is 868. The summed E-state index contributed by atoms with van der Waals surface area (Å²) in [6, 6.07) is 7.51. The first-order chi connectivity index (χ1) is 15.0. The van der Waals surface area contributed by atoms with Crippen molar-refractivity contribution in [3.8, 4) is 0 Å². The van der Waals surface area contributed by atoms with Crippen molar-refractivity contribution in [3.63, 3.8) is 0 Å². The maximum atomic E-state index is 13.0. The van der Waals surface area contributed by atoms with Crippen LogP contribution in [0.3, 0.4) is 0 Å². The Morgan fingerprint density at radius 3 is 2.74 bits per heavy atom. The van der Waals surface area contributed by atoms with Gasteiger partial charge in [0.2, 0.25) is 0 Å². The highest BCUT2D eigenvalue weighted by atomic mass is 35.5. The molecule has 1 aromatic carbocycles. The minimum atomic E-state index is -0.629. The topological polar surface area (TPSA) is 79.6 Å². The maximum absolute atomic E-state index is 13.0. The number of carbonyl (C=O) groups is 1. The van der Waals surface area contributed by atoms with Crippen molar-refractivity contribution in [2.24, 2.45) is 13.0 Å². The van der Waals surface area contributed by atoms with Gasteiger partial charge >= 0.3 is 6.03 Å². The molecule has 2 aliphatic rings. The average molecular weight is 447 g/mol. The van der Waals surface area contributed by atoms with Gasteiger partial charge in [0.05, 0.1) is 25.0 Å². The zero-order valence-corrected chi connectivity index (χ0v) is 18.7. The van der Waals surface area contributed by atoms with Crippen LogP contribution in [0.15, 0.2) is 36.7 Å². The fourth-order valence-electron chi connectivity index (χ4n) is 4.12. The lowest BCUT2D eigenvalue weighted by Gasteiger charge is -2.28. The number of urea groups is 1. The monoisotopic (exact) mass is 446 g/mol. The molecule has 1 saturated carbocycles. The highest BCUT2D eigenvalue weighted by molar-refractivity contribution is 6.30. The summed E-state index contributed by atoms with van der Waals surface area (Å²) in [7, 11) is 1.83. The quantitative estimate of drug-likeness (QED) is 0.613. The predicted molar refractivity (Wildman–Crippen MR) is 119 cm³/mol. The number of aliphatic hydroxyl groups is 1. The molecule has 1 aliphatic carbocycles. The predicted octanol–water partition coefficient (Wildman–Crippen LogP) is 3.84. The van der Waals surface area contributed by atoms with Crippen LogP contribution in [0.1, 0.15) is 55.4 Å². The van der Waals surface area contributed by atoms with E-state index < -0.39 is 6.10 Å². The normalized spacial score (nSPS) is 20.6. The summed E-state index contributed by atoms with van der Waals surface area (Å²) in [5.74, 6) is 0.641. The summed E-state index contributed by atoms with van der Waals surface area (Å²) < 4.78 is 7.81. The van der Waals surface area contributed by atoms with Crippen LogP contribution in [-0.4, -0.2) is 51.6 Å². The van der Waals surface area contributed by atoms with E-state index in [0.29, 0.717) is 37.1 Å². The zero-order valence-electron chi connectivity index (χ0n) is 17.9. The summed E-state index contributed by atoms with van der Waals surface area (Å²) in [5.41, 5.74) is 1.79. The number of carbonyl (C=O) groups excluding carboxylic acids is 1. The van der Waals surface area contributed by atoms with Gasteiger partial charge < -0.3 is 20.1 Å². The van der Waals surface area contributed by atoms with Gasteiger partial charge in [0.25, 0.3) is 0 Å². The molecule has 1 aliphatic heterocycles. The number of likely N-dealkylation sites (tertiary alicyclic amines) is 1. The number of ether oxygens (including phenoxy) is 1. The van der Waals surface area contributed by atoms with E-state index in [2.05, 4.69) is 10.4 Å². The lowest BCUT2D eigenvalue weighted by atomic mass is 10.0. The van der Waals surface area contributed by atoms with Crippen molar-refractivity contribution in [1.29, 1.82) is 0 Å². The number of aromatic nitrogens is 2. The summed E-state index contributed by atoms with van der Waals surface area (Å²) in [6.07, 6.45) is 7.44. The number of aliphatic hydroxyl groups excluding tert-OH is 1. The van der Waals surface area contributed by atoms with Crippen molar-refractivity contribution >= 4 is 17.6 Å². The molecule has 3 atom stereocenters. The second kappa shape index (κ2) is 10.0. The van der Waals surface area contributed by atoms with Crippen molar-refractivity contribution in [1.82, 2.24) is 20.0 Å². The summed E-state index contributed by atoms with van der Waals surface area (Å²) >= 11 is 6.03. The van der Waals surface area contributed by atoms with Gasteiger partial charge in [-0.05, 0) is 55.7 Å². The van der Waals surface area contributed by atoms with Crippen LogP contribution in [0.2, 0.25) is 5.02 Å². The number of hydrogen-bond donors (Lipinski definition) is 2. The van der Waals surface area contributed by atoms with Gasteiger partial charge in [-0.1, -0.05) is 23.7 Å². The zero-order chi connectivity index (χ0) is 21.8. The Kier molecular flexibility index (Phi) is 7.15. The second-order valence-corrected chi connectivity index (χ2v) is 9.13. The Morgan fingerprint density at radius 1 is 1.29 bits per heavy atom. The van der Waals surface area contributed by atoms with E-state index in [1.165, 1.54) is 12.8 Å². The molecule has 3 unspecified atom stereocenters. The molecule has 31 heavy (non-hydrogen) atoms. The first kappa shape index (κ1) is 22.1. The van der Waals surface area contributed by atoms with Crippen LogP contribution in [0, 0.1) is 5.92 Å². The molecule has 1 saturated heterocycles. The maximum Gasteiger partial charge on any atom is 0.317 e. The summed E-state index contributed by atoms with van der Waals surface area (Å²) in [6.45, 7) is 1.82. The van der Waals surface area contributed by atoms with Crippen LogP contribution in [0.4, 0.5) is 4.79 Å². The molecule has 168 valence electrons. The fourth-order valence-corrected chi connectivity index (χ4v) is 4.25. The molecule has 0 bridgehead atoms. The largest absolute Gasteiger partial charge is 0.388 e. The van der Waals surface area contributed by atoms with Gasteiger partial charge in [0, 0.05) is 43.0 Å². The smallest absolute Gasteiger partial charge is 0.317 e. The van der Waals surface area contributed by atoms with Crippen LogP contribution >= 0.6 is 11.6 Å². The molecule has 2 aromatic rings. The molecule has 0 spiro atoms. The van der Waals surface area contributed by atoms with Crippen LogP contribution < -0.4 is 5.32 Å². The van der Waals surface area contributed by atoms with Crippen LogP contribution in [0.25, 0.3) is 0 Å². The molecular weight excluding hydrogens is 416 g/mol. The number of benzene rings is 1. The van der Waals surface area contributed by atoms with E-state index >= 15 is 0 Å². The molecule has 1 aromatic heterocycles. The van der Waals surface area contributed by atoms with E-state index in [0.717, 1.165) is 24.0 Å². The third-order valence-electron chi connectivity index (χ3n) is 6.15. The first-order valence-corrected chi connectivity index (χ1v) is 11.5. The lowest BCUT2D eigenvalue weighted by molar-refractivity contribution is 0.0453. The molecule has 2 amide bonds. The highest BCUT2D eigenvalue weighted by Crippen LogP contribution is 2.31. The van der Waals surface area contributed by atoms with Crippen LogP contribution in [-0.2, 0) is 11.8 Å². The fraction of sp³-hybridized carbons (Fsp3) is 0.565. The summed E-state index contributed by atoms with van der Waals surface area (Å²) in [4.78, 5) is 14.8. The standard InChI is InChI=1S/C23H31ClN4O3/c1-27-14-18(12-26-27)21(29)11-20-3-2-10-28(20)23(30)25-13-22(31-15-16-4-5-16)17-6-8-19(24)9-7-17/h6-9,12,14,16,20-22,29H,2-5,10-11,13,15H2,1H3,(H,25,30). The number of nitrogens with one attached hydrogen (secondary N) is 1. The molecule has 2 N–H and O–H groups in total. The molecule has 2 heterocycles. The highest BCUT2D eigenvalue weighted by Gasteiger charge is 2.31. The molecular formula is C23H31ClN4O3. The van der Waals surface area contributed by atoms with E-state index in [1.54, 1.807) is 10.9 Å². The minimum absolute atomic E-state index is 0.0107. The van der Waals surface area contributed by atoms with E-state index in [9.17, 15) is 9.90 Å². The van der Waals surface area contributed by atoms with Gasteiger partial charge in [0.1, 0.15) is 0 Å². The Labute approximate surface area is 188 Å². The molecule has 4 rings (SSSR count). The Morgan fingerprint density at radius 2 is 2.06 bits per heavy atom. The molecule has 2 fully saturated rings. The minimum Gasteiger partial charge on any atom is -0.388 e. The number of amides is 2. The van der Waals surface area contributed by atoms with Gasteiger partial charge in [-0.25, -0.2) is 4.79 Å². The van der Waals surface area contributed by atoms with E-state index in [-0.39, 0.29) is 18.2 Å². The first-order valence-electron chi connectivity index (χ1n) is 11.1. The molecule has 8 heteroatoms. The van der Waals surface area contributed by atoms with E-state index in [1.807, 2.05) is 42.4 Å². The number of nitrogens with zero attached hydrogens (tertiary/aromatic N) is 3. The van der Waals surface area contributed by atoms with Crippen molar-refractivity contribution in [2.75, 3.05) is 19.7 Å². The van der Waals surface area contributed by atoms with Crippen LogP contribution in [0.5, 0.6) is 0 Å². The third-order valence-corrected chi connectivity index (χ3v) is 6.41. The average Bonchev–Trinajstić information content (AvgIpc) is 3.29. The molecule has 7 nitrogen and oxygen atoms in total. The number of aryl methyl sites for hydroxylation is 1. The number of hydrogen-bond acceptors (Lipinski definition) is 4. The van der Waals surface area contributed by atoms with Gasteiger partial charge in [0.15, 0.2) is 0 Å². The van der Waals surface area contributed by atoms with Gasteiger partial charge in [-0.3, -0.25) is 4.68 Å². The van der Waals surface area contributed by atoms with Crippen molar-refractivity contribution in [2.45, 2.75) is 50.4 Å². The number of halogens is 1. The number of rotatable bonds is 9. The van der Waals surface area contributed by atoms with Crippen molar-refractivity contribution in [3.05, 3.63) is 52.8 Å². The third kappa shape index (κ3) is 5.99. The van der Waals surface area contributed by atoms with E-state index in [4.69, 9.17) is 16.3 Å². The summed E-state index contributed by atoms with van der Waals surface area (Å²) in [5, 5.41) is 18.4. The van der Waals surface area contributed by atoms with Gasteiger partial charge in [-0.2, -0.15) is 5.10 Å². The Balaban J connectivity index is 1.34. The van der Waals surface area contributed by atoms with Gasteiger partial charge in [-0.15, -0.1) is 0 Å². The second-order valence-electron chi connectivity index (χ2n) is 8.69. The lowest BCUT2D eigenvalue weighted by Crippen LogP contribution is -2.44. The molecule has 0 radical (unpaired) electrons. The van der Waals surface area contributed by atoms with Crippen molar-refractivity contribution < 1.29 is 14.6 Å².